The van der Waals surface area contributed by atoms with Crippen LogP contribution in [0.1, 0.15) is 16.7 Å². The van der Waals surface area contributed by atoms with Crippen LogP contribution in [0.3, 0.4) is 0 Å². The number of rotatable bonds is 8. The van der Waals surface area contributed by atoms with Gasteiger partial charge in [-0.3, -0.25) is 4.79 Å². The molecule has 3 aromatic rings. The van der Waals surface area contributed by atoms with Gasteiger partial charge in [-0.2, -0.15) is 0 Å². The fourth-order valence-electron chi connectivity index (χ4n) is 3.00. The zero-order valence-electron chi connectivity index (χ0n) is 17.3. The Morgan fingerprint density at radius 2 is 1.80 bits per heavy atom. The molecule has 0 aliphatic carbocycles. The predicted molar refractivity (Wildman–Crippen MR) is 122 cm³/mol. The van der Waals surface area contributed by atoms with Crippen LogP contribution >= 0.6 is 11.6 Å². The number of para-hydroxylation sites is 1. The molecule has 2 N–H and O–H groups in total. The Morgan fingerprint density at radius 3 is 2.53 bits per heavy atom. The molecule has 0 spiro atoms. The summed E-state index contributed by atoms with van der Waals surface area (Å²) in [5.41, 5.74) is 5.08. The van der Waals surface area contributed by atoms with Gasteiger partial charge in [0, 0.05) is 17.9 Å². The van der Waals surface area contributed by atoms with Gasteiger partial charge in [0.05, 0.1) is 12.1 Å². The van der Waals surface area contributed by atoms with Gasteiger partial charge >= 0.3 is 0 Å². The lowest BCUT2D eigenvalue weighted by atomic mass is 10.1. The third-order valence-corrected chi connectivity index (χ3v) is 4.85. The molecule has 0 atom stereocenters. The number of hydrogen-bond donors (Lipinski definition) is 2. The van der Waals surface area contributed by atoms with E-state index in [-0.39, 0.29) is 12.5 Å². The Bertz CT molecular complexity index is 1020. The van der Waals surface area contributed by atoms with Crippen molar-refractivity contribution in [3.05, 3.63) is 82.4 Å². The van der Waals surface area contributed by atoms with Crippen LogP contribution in [0.2, 0.25) is 5.02 Å². The van der Waals surface area contributed by atoms with Crippen molar-refractivity contribution < 1.29 is 14.3 Å². The summed E-state index contributed by atoms with van der Waals surface area (Å²) >= 11 is 6.43. The van der Waals surface area contributed by atoms with Crippen LogP contribution < -0.4 is 20.1 Å². The van der Waals surface area contributed by atoms with Crippen molar-refractivity contribution in [2.24, 2.45) is 0 Å². The van der Waals surface area contributed by atoms with Crippen LogP contribution in [0.4, 0.5) is 11.4 Å². The molecule has 156 valence electrons. The number of benzene rings is 3. The molecular formula is C24H25ClN2O3. The van der Waals surface area contributed by atoms with Crippen LogP contribution in [0.15, 0.2) is 60.7 Å². The summed E-state index contributed by atoms with van der Waals surface area (Å²) in [7, 11) is 1.55. The number of ether oxygens (including phenoxy) is 2. The smallest absolute Gasteiger partial charge is 0.262 e. The number of anilines is 2. The topological polar surface area (TPSA) is 59.6 Å². The molecule has 6 heteroatoms. The molecule has 5 nitrogen and oxygen atoms in total. The summed E-state index contributed by atoms with van der Waals surface area (Å²) in [5.74, 6) is 0.547. The van der Waals surface area contributed by atoms with E-state index in [4.69, 9.17) is 21.1 Å². The van der Waals surface area contributed by atoms with Gasteiger partial charge in [-0.15, -0.1) is 0 Å². The molecule has 0 bridgehead atoms. The van der Waals surface area contributed by atoms with Crippen LogP contribution in [-0.2, 0) is 11.3 Å². The number of amides is 1. The van der Waals surface area contributed by atoms with Crippen molar-refractivity contribution in [2.75, 3.05) is 24.4 Å². The molecule has 0 aliphatic rings. The quantitative estimate of drug-likeness (QED) is 0.494. The van der Waals surface area contributed by atoms with E-state index < -0.39 is 0 Å². The fraction of sp³-hybridized carbons (Fsp3) is 0.208. The van der Waals surface area contributed by atoms with Crippen LogP contribution in [-0.4, -0.2) is 19.6 Å². The molecule has 30 heavy (non-hydrogen) atoms. The van der Waals surface area contributed by atoms with Crippen molar-refractivity contribution in [3.63, 3.8) is 0 Å². The third-order valence-electron chi connectivity index (χ3n) is 4.57. The minimum absolute atomic E-state index is 0.176. The summed E-state index contributed by atoms with van der Waals surface area (Å²) in [6.45, 7) is 4.53. The standard InChI is InChI=1S/C24H25ClN2O3/c1-16-9-10-17(2)21(11-16)26-14-18-12-20(25)24(22(13-18)29-3)30-15-23(28)27-19-7-5-4-6-8-19/h4-13,26H,14-15H2,1-3H3,(H,27,28). The molecule has 0 radical (unpaired) electrons. The molecule has 0 saturated carbocycles. The largest absolute Gasteiger partial charge is 0.493 e. The van der Waals surface area contributed by atoms with Crippen molar-refractivity contribution in [1.29, 1.82) is 0 Å². The van der Waals surface area contributed by atoms with Gasteiger partial charge in [-0.25, -0.2) is 0 Å². The molecule has 0 heterocycles. The van der Waals surface area contributed by atoms with Crippen molar-refractivity contribution >= 4 is 28.9 Å². The highest BCUT2D eigenvalue weighted by atomic mass is 35.5. The number of methoxy groups -OCH3 is 1. The molecule has 0 aromatic heterocycles. The van der Waals surface area contributed by atoms with Gasteiger partial charge in [-0.1, -0.05) is 41.9 Å². The lowest BCUT2D eigenvalue weighted by Gasteiger charge is -2.15. The van der Waals surface area contributed by atoms with Gasteiger partial charge in [0.2, 0.25) is 0 Å². The normalized spacial score (nSPS) is 10.4. The second-order valence-corrected chi connectivity index (χ2v) is 7.39. The van der Waals surface area contributed by atoms with E-state index in [0.29, 0.717) is 28.8 Å². The van der Waals surface area contributed by atoms with E-state index in [0.717, 1.165) is 11.3 Å². The van der Waals surface area contributed by atoms with Crippen LogP contribution in [0.25, 0.3) is 0 Å². The molecule has 0 aliphatic heterocycles. The van der Waals surface area contributed by atoms with E-state index in [2.05, 4.69) is 42.7 Å². The molecule has 0 unspecified atom stereocenters. The Morgan fingerprint density at radius 1 is 1.03 bits per heavy atom. The first kappa shape index (κ1) is 21.5. The van der Waals surface area contributed by atoms with E-state index in [1.54, 1.807) is 7.11 Å². The maximum Gasteiger partial charge on any atom is 0.262 e. The van der Waals surface area contributed by atoms with Gasteiger partial charge in [-0.05, 0) is 60.9 Å². The molecule has 3 aromatic carbocycles. The van der Waals surface area contributed by atoms with Crippen molar-refractivity contribution in [2.45, 2.75) is 20.4 Å². The lowest BCUT2D eigenvalue weighted by molar-refractivity contribution is -0.118. The number of carbonyl (C=O) groups is 1. The zero-order valence-corrected chi connectivity index (χ0v) is 18.0. The van der Waals surface area contributed by atoms with E-state index >= 15 is 0 Å². The molecule has 0 fully saturated rings. The average molecular weight is 425 g/mol. The van der Waals surface area contributed by atoms with E-state index in [1.807, 2.05) is 42.5 Å². The first-order valence-corrected chi connectivity index (χ1v) is 9.99. The number of halogens is 1. The molecule has 0 saturated heterocycles. The highest BCUT2D eigenvalue weighted by Gasteiger charge is 2.14. The summed E-state index contributed by atoms with van der Waals surface area (Å²) in [6.07, 6.45) is 0. The van der Waals surface area contributed by atoms with Crippen LogP contribution in [0, 0.1) is 13.8 Å². The number of aryl methyl sites for hydroxylation is 2. The molecular weight excluding hydrogens is 400 g/mol. The second kappa shape index (κ2) is 10.0. The van der Waals surface area contributed by atoms with Crippen LogP contribution in [0.5, 0.6) is 11.5 Å². The minimum Gasteiger partial charge on any atom is -0.493 e. The third kappa shape index (κ3) is 5.67. The fourth-order valence-corrected chi connectivity index (χ4v) is 3.28. The maximum atomic E-state index is 12.2. The van der Waals surface area contributed by atoms with Gasteiger partial charge in [0.1, 0.15) is 0 Å². The van der Waals surface area contributed by atoms with Gasteiger partial charge in [0.25, 0.3) is 5.91 Å². The first-order chi connectivity index (χ1) is 14.5. The lowest BCUT2D eigenvalue weighted by Crippen LogP contribution is -2.20. The Kier molecular flexibility index (Phi) is 7.20. The number of hydrogen-bond acceptors (Lipinski definition) is 4. The highest BCUT2D eigenvalue weighted by Crippen LogP contribution is 2.36. The molecule has 3 rings (SSSR count). The number of nitrogens with one attached hydrogen (secondary N) is 2. The number of carbonyl (C=O) groups excluding carboxylic acids is 1. The van der Waals surface area contributed by atoms with E-state index in [1.165, 1.54) is 11.1 Å². The monoisotopic (exact) mass is 424 g/mol. The summed E-state index contributed by atoms with van der Waals surface area (Å²) in [6, 6.07) is 19.1. The predicted octanol–water partition coefficient (Wildman–Crippen LogP) is 5.60. The molecule has 1 amide bonds. The summed E-state index contributed by atoms with van der Waals surface area (Å²) < 4.78 is 11.1. The average Bonchev–Trinajstić information content (AvgIpc) is 2.74. The maximum absolute atomic E-state index is 12.2. The summed E-state index contributed by atoms with van der Waals surface area (Å²) in [5, 5.41) is 6.59. The van der Waals surface area contributed by atoms with Crippen molar-refractivity contribution in [1.82, 2.24) is 0 Å². The van der Waals surface area contributed by atoms with Gasteiger partial charge < -0.3 is 20.1 Å². The zero-order chi connectivity index (χ0) is 21.5. The SMILES string of the molecule is COc1cc(CNc2cc(C)ccc2C)cc(Cl)c1OCC(=O)Nc1ccccc1. The first-order valence-electron chi connectivity index (χ1n) is 9.61. The van der Waals surface area contributed by atoms with E-state index in [9.17, 15) is 4.79 Å². The van der Waals surface area contributed by atoms with Gasteiger partial charge in [0.15, 0.2) is 18.1 Å². The minimum atomic E-state index is -0.278. The van der Waals surface area contributed by atoms with Crippen molar-refractivity contribution in [3.8, 4) is 11.5 Å². The Hall–Kier alpha value is -3.18. The highest BCUT2D eigenvalue weighted by molar-refractivity contribution is 6.32. The Balaban J connectivity index is 1.66. The summed E-state index contributed by atoms with van der Waals surface area (Å²) in [4.78, 5) is 12.2. The second-order valence-electron chi connectivity index (χ2n) is 6.98. The Labute approximate surface area is 182 Å².